The molecule has 29 heavy (non-hydrogen) atoms. The van der Waals surface area contributed by atoms with E-state index in [9.17, 15) is 8.42 Å². The normalized spacial score (nSPS) is 11.1. The minimum Gasteiger partial charge on any atom is -0.382 e. The number of aromatic amines is 1. The Morgan fingerprint density at radius 1 is 1.07 bits per heavy atom. The first-order valence-electron chi connectivity index (χ1n) is 8.53. The third-order valence-electron chi connectivity index (χ3n) is 4.12. The van der Waals surface area contributed by atoms with Gasteiger partial charge in [0.05, 0.1) is 4.90 Å². The molecule has 0 fully saturated rings. The van der Waals surface area contributed by atoms with Crippen LogP contribution in [-0.2, 0) is 9.84 Å². The van der Waals surface area contributed by atoms with Gasteiger partial charge in [-0.3, -0.25) is 5.10 Å². The third kappa shape index (κ3) is 4.17. The fourth-order valence-electron chi connectivity index (χ4n) is 2.69. The number of pyridine rings is 2. The SMILES string of the molecule is CS(=O)(=O)c1ccc(Nc2cc3c(C#Cc4cc(N)n[nH]4)nccc3cn2)cc1. The van der Waals surface area contributed by atoms with Gasteiger partial charge in [0, 0.05) is 41.2 Å². The first-order valence-corrected chi connectivity index (χ1v) is 10.4. The number of H-pyrrole nitrogens is 1. The average molecular weight is 404 g/mol. The van der Waals surface area contributed by atoms with E-state index in [0.717, 1.165) is 10.8 Å². The topological polar surface area (TPSA) is 127 Å². The number of hydrogen-bond donors (Lipinski definition) is 3. The molecule has 0 bridgehead atoms. The van der Waals surface area contributed by atoms with E-state index in [1.807, 2.05) is 12.1 Å². The fraction of sp³-hybridized carbons (Fsp3) is 0.0500. The van der Waals surface area contributed by atoms with Crippen molar-refractivity contribution >= 4 is 37.9 Å². The lowest BCUT2D eigenvalue weighted by Gasteiger charge is -2.08. The first-order chi connectivity index (χ1) is 13.9. The Bertz CT molecular complexity index is 1370. The number of benzene rings is 1. The number of sulfone groups is 1. The molecule has 0 radical (unpaired) electrons. The maximum atomic E-state index is 11.6. The molecule has 1 aromatic carbocycles. The molecule has 0 amide bonds. The molecule has 0 unspecified atom stereocenters. The highest BCUT2D eigenvalue weighted by molar-refractivity contribution is 7.90. The lowest BCUT2D eigenvalue weighted by atomic mass is 10.1. The van der Waals surface area contributed by atoms with Crippen molar-refractivity contribution in [2.75, 3.05) is 17.3 Å². The number of nitrogens with two attached hydrogens (primary N) is 1. The molecule has 3 aromatic heterocycles. The predicted molar refractivity (Wildman–Crippen MR) is 111 cm³/mol. The van der Waals surface area contributed by atoms with Gasteiger partial charge in [0.25, 0.3) is 0 Å². The highest BCUT2D eigenvalue weighted by Crippen LogP contribution is 2.22. The number of fused-ring (bicyclic) bond motifs is 1. The molecule has 4 rings (SSSR count). The Morgan fingerprint density at radius 3 is 2.55 bits per heavy atom. The Kier molecular flexibility index (Phi) is 4.62. The first kappa shape index (κ1) is 18.5. The summed E-state index contributed by atoms with van der Waals surface area (Å²) in [5.74, 6) is 6.94. The summed E-state index contributed by atoms with van der Waals surface area (Å²) in [6.45, 7) is 0. The van der Waals surface area contributed by atoms with Gasteiger partial charge in [0.1, 0.15) is 23.0 Å². The molecule has 0 aliphatic heterocycles. The van der Waals surface area contributed by atoms with Gasteiger partial charge in [0.2, 0.25) is 0 Å². The van der Waals surface area contributed by atoms with Crippen molar-refractivity contribution in [2.45, 2.75) is 4.90 Å². The second-order valence-corrected chi connectivity index (χ2v) is 8.34. The third-order valence-corrected chi connectivity index (χ3v) is 5.24. The van der Waals surface area contributed by atoms with E-state index in [-0.39, 0.29) is 4.90 Å². The van der Waals surface area contributed by atoms with Crippen molar-refractivity contribution in [3.05, 3.63) is 66.2 Å². The van der Waals surface area contributed by atoms with Gasteiger partial charge in [-0.25, -0.2) is 18.4 Å². The Balaban J connectivity index is 1.66. The predicted octanol–water partition coefficient (Wildman–Crippen LogP) is 2.48. The molecule has 4 N–H and O–H groups in total. The van der Waals surface area contributed by atoms with Gasteiger partial charge in [-0.05, 0) is 48.2 Å². The zero-order valence-electron chi connectivity index (χ0n) is 15.3. The molecule has 3 heterocycles. The lowest BCUT2D eigenvalue weighted by molar-refractivity contribution is 0.602. The summed E-state index contributed by atoms with van der Waals surface area (Å²) in [6, 6.07) is 11.8. The number of nitrogen functional groups attached to an aromatic ring is 1. The van der Waals surface area contributed by atoms with Gasteiger partial charge < -0.3 is 11.1 Å². The van der Waals surface area contributed by atoms with Crippen LogP contribution >= 0.6 is 0 Å². The Labute approximate surface area is 167 Å². The van der Waals surface area contributed by atoms with Crippen molar-refractivity contribution in [2.24, 2.45) is 0 Å². The number of anilines is 3. The molecule has 8 nitrogen and oxygen atoms in total. The summed E-state index contributed by atoms with van der Waals surface area (Å²) in [6.07, 6.45) is 4.57. The van der Waals surface area contributed by atoms with Crippen molar-refractivity contribution in [1.82, 2.24) is 20.2 Å². The van der Waals surface area contributed by atoms with Crippen LogP contribution in [0, 0.1) is 11.8 Å². The molecule has 0 aliphatic rings. The second-order valence-electron chi connectivity index (χ2n) is 6.33. The van der Waals surface area contributed by atoms with Crippen molar-refractivity contribution in [3.63, 3.8) is 0 Å². The summed E-state index contributed by atoms with van der Waals surface area (Å²) in [5.41, 5.74) is 7.49. The molecule has 0 saturated carbocycles. The van der Waals surface area contributed by atoms with Crippen LogP contribution in [0.1, 0.15) is 11.4 Å². The zero-order valence-corrected chi connectivity index (χ0v) is 16.2. The van der Waals surface area contributed by atoms with Crippen molar-refractivity contribution in [1.29, 1.82) is 0 Å². The standard InChI is InChI=1S/C20H16N6O2S/c1-29(27,28)16-5-2-14(3-6-16)24-20-11-17-13(12-23-20)8-9-22-18(17)7-4-15-10-19(21)26-25-15/h2-3,5-6,8-12H,1H3,(H,23,24)(H3,21,25,26). The fourth-order valence-corrected chi connectivity index (χ4v) is 3.33. The molecule has 0 atom stereocenters. The lowest BCUT2D eigenvalue weighted by Crippen LogP contribution is -1.98. The minimum atomic E-state index is -3.24. The minimum absolute atomic E-state index is 0.260. The van der Waals surface area contributed by atoms with E-state index < -0.39 is 9.84 Å². The van der Waals surface area contributed by atoms with E-state index in [4.69, 9.17) is 5.73 Å². The summed E-state index contributed by atoms with van der Waals surface area (Å²) in [4.78, 5) is 9.01. The zero-order chi connectivity index (χ0) is 20.4. The molecule has 0 aliphatic carbocycles. The van der Waals surface area contributed by atoms with E-state index in [2.05, 4.69) is 37.3 Å². The van der Waals surface area contributed by atoms with Gasteiger partial charge in [0.15, 0.2) is 9.84 Å². The Morgan fingerprint density at radius 2 is 1.86 bits per heavy atom. The molecular formula is C20H16N6O2S. The van der Waals surface area contributed by atoms with Crippen molar-refractivity contribution < 1.29 is 8.42 Å². The summed E-state index contributed by atoms with van der Waals surface area (Å²) in [5, 5.41) is 11.5. The Hall–Kier alpha value is -3.90. The number of nitrogens with one attached hydrogen (secondary N) is 2. The average Bonchev–Trinajstić information content (AvgIpc) is 3.11. The van der Waals surface area contributed by atoms with Crippen LogP contribution in [0.25, 0.3) is 10.8 Å². The maximum absolute atomic E-state index is 11.6. The highest BCUT2D eigenvalue weighted by atomic mass is 32.2. The maximum Gasteiger partial charge on any atom is 0.175 e. The second kappa shape index (κ2) is 7.26. The molecule has 144 valence electrons. The van der Waals surface area contributed by atoms with Crippen LogP contribution in [0.3, 0.4) is 0 Å². The molecule has 4 aromatic rings. The monoisotopic (exact) mass is 404 g/mol. The number of rotatable bonds is 3. The van der Waals surface area contributed by atoms with Gasteiger partial charge in [-0.15, -0.1) is 0 Å². The molecular weight excluding hydrogens is 388 g/mol. The highest BCUT2D eigenvalue weighted by Gasteiger charge is 2.07. The van der Waals surface area contributed by atoms with Gasteiger partial charge >= 0.3 is 0 Å². The van der Waals surface area contributed by atoms with Crippen LogP contribution in [0.2, 0.25) is 0 Å². The summed E-state index contributed by atoms with van der Waals surface area (Å²) in [7, 11) is -3.24. The van der Waals surface area contributed by atoms with E-state index >= 15 is 0 Å². The van der Waals surface area contributed by atoms with Crippen LogP contribution in [0.5, 0.6) is 0 Å². The smallest absolute Gasteiger partial charge is 0.175 e. The number of hydrogen-bond acceptors (Lipinski definition) is 7. The van der Waals surface area contributed by atoms with E-state index in [1.54, 1.807) is 42.7 Å². The van der Waals surface area contributed by atoms with Crippen molar-refractivity contribution in [3.8, 4) is 11.8 Å². The summed E-state index contributed by atoms with van der Waals surface area (Å²) >= 11 is 0. The quantitative estimate of drug-likeness (QED) is 0.448. The largest absolute Gasteiger partial charge is 0.382 e. The van der Waals surface area contributed by atoms with E-state index in [0.29, 0.717) is 28.7 Å². The number of nitrogens with zero attached hydrogens (tertiary/aromatic N) is 3. The van der Waals surface area contributed by atoms with Gasteiger partial charge in [-0.2, -0.15) is 5.10 Å². The molecule has 9 heteroatoms. The van der Waals surface area contributed by atoms with Crippen LogP contribution in [0.4, 0.5) is 17.3 Å². The summed E-state index contributed by atoms with van der Waals surface area (Å²) < 4.78 is 23.2. The van der Waals surface area contributed by atoms with Crippen LogP contribution < -0.4 is 11.1 Å². The molecule has 0 spiro atoms. The van der Waals surface area contributed by atoms with E-state index in [1.165, 1.54) is 6.26 Å². The molecule has 0 saturated heterocycles. The van der Waals surface area contributed by atoms with Crippen LogP contribution in [-0.4, -0.2) is 34.8 Å². The van der Waals surface area contributed by atoms with Gasteiger partial charge in [-0.1, -0.05) is 0 Å². The number of aromatic nitrogens is 4. The van der Waals surface area contributed by atoms with Crippen LogP contribution in [0.15, 0.2) is 59.8 Å².